The lowest BCUT2D eigenvalue weighted by Crippen LogP contribution is -2.11. The zero-order valence-corrected chi connectivity index (χ0v) is 6.09. The standard InChI is InChI=1S/C10H12/c1-2-9-7-5-6(7)8(1)10(9)3-4-10/h1-2,6-9H,3-5H2. The Balaban J connectivity index is 1.95. The van der Waals surface area contributed by atoms with Gasteiger partial charge in [-0.2, -0.15) is 0 Å². The molecule has 10 heavy (non-hydrogen) atoms. The summed E-state index contributed by atoms with van der Waals surface area (Å²) in [5.41, 5.74) is 0.883. The minimum Gasteiger partial charge on any atom is -0.0842 e. The Morgan fingerprint density at radius 3 is 2.00 bits per heavy atom. The van der Waals surface area contributed by atoms with E-state index in [9.17, 15) is 0 Å². The Kier molecular flexibility index (Phi) is 0.464. The zero-order chi connectivity index (χ0) is 6.34. The van der Waals surface area contributed by atoms with Crippen LogP contribution in [0.5, 0.6) is 0 Å². The van der Waals surface area contributed by atoms with Crippen molar-refractivity contribution in [2.24, 2.45) is 29.1 Å². The fraction of sp³-hybridized carbons (Fsp3) is 0.800. The maximum Gasteiger partial charge on any atom is -0.0140 e. The average Bonchev–Trinajstić information content (AvgIpc) is 2.71. The molecule has 4 rings (SSSR count). The third-order valence-electron chi connectivity index (χ3n) is 4.49. The minimum atomic E-state index is 0.883. The molecule has 0 amide bonds. The van der Waals surface area contributed by atoms with Gasteiger partial charge in [0.2, 0.25) is 0 Å². The van der Waals surface area contributed by atoms with Crippen LogP contribution in [0.1, 0.15) is 19.3 Å². The molecule has 0 nitrogen and oxygen atoms in total. The molecule has 4 aliphatic rings. The molecule has 4 unspecified atom stereocenters. The molecule has 3 fully saturated rings. The van der Waals surface area contributed by atoms with E-state index < -0.39 is 0 Å². The topological polar surface area (TPSA) is 0 Å². The molecular formula is C10H12. The summed E-state index contributed by atoms with van der Waals surface area (Å²) in [6.45, 7) is 0. The molecule has 4 aliphatic carbocycles. The first kappa shape index (κ1) is 4.58. The maximum absolute atomic E-state index is 2.53. The average molecular weight is 132 g/mol. The van der Waals surface area contributed by atoms with Crippen LogP contribution in [-0.2, 0) is 0 Å². The quantitative estimate of drug-likeness (QED) is 0.443. The number of allylic oxidation sites excluding steroid dienone is 2. The second kappa shape index (κ2) is 1.01. The van der Waals surface area contributed by atoms with E-state index in [0.717, 1.165) is 29.1 Å². The lowest BCUT2D eigenvalue weighted by molar-refractivity contribution is 0.343. The van der Waals surface area contributed by atoms with Crippen molar-refractivity contribution in [3.8, 4) is 0 Å². The molecule has 0 aromatic rings. The Hall–Kier alpha value is -0.260. The monoisotopic (exact) mass is 132 g/mol. The van der Waals surface area contributed by atoms with Crippen molar-refractivity contribution < 1.29 is 0 Å². The predicted molar refractivity (Wildman–Crippen MR) is 39.4 cm³/mol. The van der Waals surface area contributed by atoms with Crippen LogP contribution in [0.2, 0.25) is 0 Å². The SMILES string of the molecule is C1=CC2C3CC3C1C21CC1. The van der Waals surface area contributed by atoms with Gasteiger partial charge in [0.25, 0.3) is 0 Å². The molecule has 1 spiro atoms. The van der Waals surface area contributed by atoms with Gasteiger partial charge >= 0.3 is 0 Å². The van der Waals surface area contributed by atoms with Gasteiger partial charge in [-0.25, -0.2) is 0 Å². The van der Waals surface area contributed by atoms with Crippen LogP contribution in [0.3, 0.4) is 0 Å². The van der Waals surface area contributed by atoms with E-state index in [1.807, 2.05) is 0 Å². The lowest BCUT2D eigenvalue weighted by atomic mass is 9.87. The van der Waals surface area contributed by atoms with Gasteiger partial charge in [-0.15, -0.1) is 0 Å². The Labute approximate surface area is 61.3 Å². The van der Waals surface area contributed by atoms with E-state index in [2.05, 4.69) is 12.2 Å². The van der Waals surface area contributed by atoms with Gasteiger partial charge in [0.05, 0.1) is 0 Å². The van der Waals surface area contributed by atoms with Gasteiger partial charge in [-0.05, 0) is 48.3 Å². The second-order valence-electron chi connectivity index (χ2n) is 4.73. The number of hydrogen-bond donors (Lipinski definition) is 0. The largest absolute Gasteiger partial charge is 0.0842 e. The molecule has 0 aromatic heterocycles. The Bertz CT molecular complexity index is 214. The molecule has 52 valence electrons. The molecule has 0 heteroatoms. The summed E-state index contributed by atoms with van der Waals surface area (Å²) in [6.07, 6.45) is 9.76. The first-order valence-corrected chi connectivity index (χ1v) is 4.60. The fourth-order valence-corrected chi connectivity index (χ4v) is 3.86. The van der Waals surface area contributed by atoms with Crippen LogP contribution in [0.4, 0.5) is 0 Å². The molecule has 0 N–H and O–H groups in total. The molecule has 2 bridgehead atoms. The van der Waals surface area contributed by atoms with Crippen molar-refractivity contribution in [3.63, 3.8) is 0 Å². The molecular weight excluding hydrogens is 120 g/mol. The van der Waals surface area contributed by atoms with Crippen molar-refractivity contribution in [3.05, 3.63) is 12.2 Å². The van der Waals surface area contributed by atoms with Gasteiger partial charge in [-0.1, -0.05) is 12.2 Å². The molecule has 0 radical (unpaired) electrons. The van der Waals surface area contributed by atoms with E-state index in [1.165, 1.54) is 0 Å². The minimum absolute atomic E-state index is 0.883. The fourth-order valence-electron chi connectivity index (χ4n) is 3.86. The molecule has 0 saturated heterocycles. The van der Waals surface area contributed by atoms with E-state index in [4.69, 9.17) is 0 Å². The normalized spacial score (nSPS) is 63.2. The highest BCUT2D eigenvalue weighted by atomic mass is 14.8. The van der Waals surface area contributed by atoms with E-state index >= 15 is 0 Å². The van der Waals surface area contributed by atoms with Gasteiger partial charge in [0.1, 0.15) is 0 Å². The first-order valence-electron chi connectivity index (χ1n) is 4.60. The Morgan fingerprint density at radius 2 is 1.60 bits per heavy atom. The number of fused-ring (bicyclic) bond motifs is 3. The summed E-state index contributed by atoms with van der Waals surface area (Å²) in [6, 6.07) is 0. The van der Waals surface area contributed by atoms with Crippen molar-refractivity contribution in [2.45, 2.75) is 19.3 Å². The zero-order valence-electron chi connectivity index (χ0n) is 6.09. The maximum atomic E-state index is 2.53. The number of rotatable bonds is 0. The van der Waals surface area contributed by atoms with Crippen LogP contribution >= 0.6 is 0 Å². The van der Waals surface area contributed by atoms with E-state index in [1.54, 1.807) is 19.3 Å². The van der Waals surface area contributed by atoms with E-state index in [0.29, 0.717) is 0 Å². The molecule has 4 atom stereocenters. The summed E-state index contributed by atoms with van der Waals surface area (Å²) in [4.78, 5) is 0. The van der Waals surface area contributed by atoms with Crippen molar-refractivity contribution in [2.75, 3.05) is 0 Å². The van der Waals surface area contributed by atoms with Crippen LogP contribution < -0.4 is 0 Å². The second-order valence-corrected chi connectivity index (χ2v) is 4.73. The third-order valence-corrected chi connectivity index (χ3v) is 4.49. The number of hydrogen-bond acceptors (Lipinski definition) is 0. The van der Waals surface area contributed by atoms with Crippen LogP contribution in [-0.4, -0.2) is 0 Å². The highest BCUT2D eigenvalue weighted by Crippen LogP contribution is 2.79. The smallest absolute Gasteiger partial charge is 0.0140 e. The summed E-state index contributed by atoms with van der Waals surface area (Å²) < 4.78 is 0. The Morgan fingerprint density at radius 1 is 1.00 bits per heavy atom. The predicted octanol–water partition coefficient (Wildman–Crippen LogP) is 2.22. The van der Waals surface area contributed by atoms with Crippen LogP contribution in [0.15, 0.2) is 12.2 Å². The van der Waals surface area contributed by atoms with Gasteiger partial charge in [0, 0.05) is 0 Å². The lowest BCUT2D eigenvalue weighted by Gasteiger charge is -2.16. The van der Waals surface area contributed by atoms with Crippen LogP contribution in [0.25, 0.3) is 0 Å². The van der Waals surface area contributed by atoms with Gasteiger partial charge < -0.3 is 0 Å². The highest BCUT2D eigenvalue weighted by molar-refractivity contribution is 5.32. The summed E-state index contributed by atoms with van der Waals surface area (Å²) in [5, 5.41) is 0. The van der Waals surface area contributed by atoms with Crippen LogP contribution in [0, 0.1) is 29.1 Å². The molecule has 0 aromatic carbocycles. The third kappa shape index (κ3) is 0.275. The molecule has 0 heterocycles. The van der Waals surface area contributed by atoms with E-state index in [-0.39, 0.29) is 0 Å². The first-order chi connectivity index (χ1) is 4.92. The summed E-state index contributed by atoms with van der Waals surface area (Å²) in [7, 11) is 0. The van der Waals surface area contributed by atoms with Crippen molar-refractivity contribution in [1.29, 1.82) is 0 Å². The van der Waals surface area contributed by atoms with Gasteiger partial charge in [0.15, 0.2) is 0 Å². The van der Waals surface area contributed by atoms with Crippen molar-refractivity contribution >= 4 is 0 Å². The van der Waals surface area contributed by atoms with Gasteiger partial charge in [-0.3, -0.25) is 0 Å². The highest BCUT2D eigenvalue weighted by Gasteiger charge is 2.72. The summed E-state index contributed by atoms with van der Waals surface area (Å²) >= 11 is 0. The molecule has 3 saturated carbocycles. The summed E-state index contributed by atoms with van der Waals surface area (Å²) in [5.74, 6) is 4.44. The van der Waals surface area contributed by atoms with Crippen molar-refractivity contribution in [1.82, 2.24) is 0 Å². The molecule has 0 aliphatic heterocycles.